The van der Waals surface area contributed by atoms with Crippen LogP contribution in [-0.4, -0.2) is 59.0 Å². The molecular weight excluding hydrogens is 270 g/mol. The number of aliphatic hydroxyl groups excluding tert-OH is 1. The van der Waals surface area contributed by atoms with E-state index in [2.05, 4.69) is 13.8 Å². The van der Waals surface area contributed by atoms with Crippen LogP contribution in [0.4, 0.5) is 0 Å². The summed E-state index contributed by atoms with van der Waals surface area (Å²) in [6.45, 7) is 8.16. The molecule has 2 N–H and O–H groups in total. The lowest BCUT2D eigenvalue weighted by Crippen LogP contribution is -2.54. The van der Waals surface area contributed by atoms with E-state index in [4.69, 9.17) is 4.74 Å². The zero-order valence-corrected chi connectivity index (χ0v) is 14.3. The van der Waals surface area contributed by atoms with E-state index in [-0.39, 0.29) is 18.6 Å². The Morgan fingerprint density at radius 2 is 1.90 bits per heavy atom. The van der Waals surface area contributed by atoms with Gasteiger partial charge in [-0.25, -0.2) is 0 Å². The van der Waals surface area contributed by atoms with E-state index < -0.39 is 11.7 Å². The SMILES string of the molecule is CCCCCC(=O)OC[C@@](C)(O)C(O)C(C)N(C)CCC. The van der Waals surface area contributed by atoms with Crippen LogP contribution in [0.5, 0.6) is 0 Å². The van der Waals surface area contributed by atoms with Crippen LogP contribution in [-0.2, 0) is 9.53 Å². The third-order valence-electron chi connectivity index (χ3n) is 3.88. The average molecular weight is 303 g/mol. The van der Waals surface area contributed by atoms with Crippen LogP contribution in [0.3, 0.4) is 0 Å². The van der Waals surface area contributed by atoms with Gasteiger partial charge in [-0.2, -0.15) is 0 Å². The second kappa shape index (κ2) is 10.1. The summed E-state index contributed by atoms with van der Waals surface area (Å²) < 4.78 is 5.10. The van der Waals surface area contributed by atoms with Crippen molar-refractivity contribution in [3.05, 3.63) is 0 Å². The van der Waals surface area contributed by atoms with Gasteiger partial charge in [-0.3, -0.25) is 4.79 Å². The monoisotopic (exact) mass is 303 g/mol. The molecule has 0 saturated carbocycles. The van der Waals surface area contributed by atoms with Gasteiger partial charge in [0.2, 0.25) is 0 Å². The molecule has 0 aliphatic carbocycles. The van der Waals surface area contributed by atoms with Crippen molar-refractivity contribution in [2.75, 3.05) is 20.2 Å². The maximum atomic E-state index is 11.6. The molecule has 0 bridgehead atoms. The second-order valence-corrected chi connectivity index (χ2v) is 6.14. The number of nitrogens with zero attached hydrogens (tertiary/aromatic N) is 1. The maximum absolute atomic E-state index is 11.6. The van der Waals surface area contributed by atoms with Crippen molar-refractivity contribution in [3.8, 4) is 0 Å². The molecule has 0 saturated heterocycles. The van der Waals surface area contributed by atoms with Crippen LogP contribution in [0.2, 0.25) is 0 Å². The predicted octanol–water partition coefficient (Wildman–Crippen LogP) is 1.95. The molecule has 0 aliphatic heterocycles. The van der Waals surface area contributed by atoms with Gasteiger partial charge in [0.25, 0.3) is 0 Å². The average Bonchev–Trinajstić information content (AvgIpc) is 2.44. The largest absolute Gasteiger partial charge is 0.463 e. The van der Waals surface area contributed by atoms with Crippen LogP contribution in [0.1, 0.15) is 59.8 Å². The minimum Gasteiger partial charge on any atom is -0.463 e. The van der Waals surface area contributed by atoms with Crippen molar-refractivity contribution >= 4 is 5.97 Å². The summed E-state index contributed by atoms with van der Waals surface area (Å²) in [5.41, 5.74) is -1.44. The molecule has 0 fully saturated rings. The fourth-order valence-electron chi connectivity index (χ4n) is 2.22. The van der Waals surface area contributed by atoms with Crippen LogP contribution >= 0.6 is 0 Å². The van der Waals surface area contributed by atoms with Gasteiger partial charge in [0.15, 0.2) is 0 Å². The Kier molecular flexibility index (Phi) is 9.83. The molecule has 5 nitrogen and oxygen atoms in total. The third-order valence-corrected chi connectivity index (χ3v) is 3.88. The predicted molar refractivity (Wildman–Crippen MR) is 84.1 cm³/mol. The minimum atomic E-state index is -1.44. The van der Waals surface area contributed by atoms with E-state index in [0.29, 0.717) is 6.42 Å². The van der Waals surface area contributed by atoms with Crippen molar-refractivity contribution in [2.24, 2.45) is 0 Å². The Labute approximate surface area is 129 Å². The molecule has 0 aromatic heterocycles. The Balaban J connectivity index is 4.30. The molecule has 126 valence electrons. The molecule has 0 aromatic rings. The zero-order valence-electron chi connectivity index (χ0n) is 14.3. The fraction of sp³-hybridized carbons (Fsp3) is 0.938. The number of likely N-dealkylation sites (N-methyl/N-ethyl adjacent to an activating group) is 1. The highest BCUT2D eigenvalue weighted by Gasteiger charge is 2.37. The molecule has 0 heterocycles. The van der Waals surface area contributed by atoms with E-state index in [1.165, 1.54) is 6.92 Å². The smallest absolute Gasteiger partial charge is 0.305 e. The lowest BCUT2D eigenvalue weighted by atomic mass is 9.94. The standard InChI is InChI=1S/C16H33NO4/c1-6-8-9-10-14(18)21-12-16(4,20)15(19)13(3)17(5)11-7-2/h13,15,19-20H,6-12H2,1-5H3/t13?,15?,16-/m1/s1. The van der Waals surface area contributed by atoms with E-state index >= 15 is 0 Å². The molecule has 0 amide bonds. The minimum absolute atomic E-state index is 0.177. The summed E-state index contributed by atoms with van der Waals surface area (Å²) in [4.78, 5) is 13.6. The van der Waals surface area contributed by atoms with Crippen LogP contribution in [0.15, 0.2) is 0 Å². The molecule has 3 atom stereocenters. The first-order chi connectivity index (χ1) is 9.76. The second-order valence-electron chi connectivity index (χ2n) is 6.14. The maximum Gasteiger partial charge on any atom is 0.305 e. The molecule has 0 rings (SSSR count). The summed E-state index contributed by atoms with van der Waals surface area (Å²) in [5.74, 6) is -0.314. The summed E-state index contributed by atoms with van der Waals surface area (Å²) in [5, 5.41) is 20.6. The Morgan fingerprint density at radius 1 is 1.29 bits per heavy atom. The summed E-state index contributed by atoms with van der Waals surface area (Å²) in [6.07, 6.45) is 3.21. The lowest BCUT2D eigenvalue weighted by molar-refractivity contribution is -0.162. The van der Waals surface area contributed by atoms with Crippen LogP contribution < -0.4 is 0 Å². The van der Waals surface area contributed by atoms with Gasteiger partial charge in [0.1, 0.15) is 18.3 Å². The molecule has 2 unspecified atom stereocenters. The van der Waals surface area contributed by atoms with Gasteiger partial charge in [0, 0.05) is 12.5 Å². The van der Waals surface area contributed by atoms with E-state index in [1.54, 1.807) is 0 Å². The zero-order chi connectivity index (χ0) is 16.5. The summed E-state index contributed by atoms with van der Waals surface area (Å²) in [7, 11) is 1.91. The highest BCUT2D eigenvalue weighted by atomic mass is 16.5. The number of hydrogen-bond donors (Lipinski definition) is 2. The van der Waals surface area contributed by atoms with Crippen molar-refractivity contribution in [3.63, 3.8) is 0 Å². The first-order valence-electron chi connectivity index (χ1n) is 8.02. The fourth-order valence-corrected chi connectivity index (χ4v) is 2.22. The normalized spacial score (nSPS) is 17.3. The topological polar surface area (TPSA) is 70.0 Å². The van der Waals surface area contributed by atoms with E-state index in [9.17, 15) is 15.0 Å². The van der Waals surface area contributed by atoms with E-state index in [0.717, 1.165) is 32.2 Å². The number of carbonyl (C=O) groups excluding carboxylic acids is 1. The Hall–Kier alpha value is -0.650. The number of rotatable bonds is 11. The summed E-state index contributed by atoms with van der Waals surface area (Å²) >= 11 is 0. The van der Waals surface area contributed by atoms with Crippen LogP contribution in [0, 0.1) is 0 Å². The van der Waals surface area contributed by atoms with E-state index in [1.807, 2.05) is 18.9 Å². The molecule has 0 aromatic carbocycles. The first kappa shape index (κ1) is 20.3. The number of esters is 1. The van der Waals surface area contributed by atoms with Gasteiger partial charge in [0.05, 0.1) is 0 Å². The van der Waals surface area contributed by atoms with Crippen molar-refractivity contribution in [1.29, 1.82) is 0 Å². The van der Waals surface area contributed by atoms with Crippen molar-refractivity contribution < 1.29 is 19.7 Å². The third kappa shape index (κ3) is 7.79. The highest BCUT2D eigenvalue weighted by molar-refractivity contribution is 5.69. The van der Waals surface area contributed by atoms with Crippen molar-refractivity contribution in [1.82, 2.24) is 4.90 Å². The summed E-state index contributed by atoms with van der Waals surface area (Å²) in [6, 6.07) is -0.209. The molecule has 0 aliphatic rings. The van der Waals surface area contributed by atoms with Gasteiger partial charge in [-0.1, -0.05) is 26.7 Å². The van der Waals surface area contributed by atoms with Gasteiger partial charge < -0.3 is 19.8 Å². The number of unbranched alkanes of at least 4 members (excludes halogenated alkanes) is 2. The number of ether oxygens (including phenoxy) is 1. The molecule has 0 radical (unpaired) electrons. The molecular formula is C16H33NO4. The molecule has 21 heavy (non-hydrogen) atoms. The number of carbonyl (C=O) groups is 1. The number of aliphatic hydroxyl groups is 2. The Morgan fingerprint density at radius 3 is 2.43 bits per heavy atom. The van der Waals surface area contributed by atoms with Gasteiger partial charge in [-0.15, -0.1) is 0 Å². The lowest BCUT2D eigenvalue weighted by Gasteiger charge is -2.36. The quantitative estimate of drug-likeness (QED) is 0.451. The van der Waals surface area contributed by atoms with Gasteiger partial charge in [-0.05, 0) is 40.3 Å². The number of hydrogen-bond acceptors (Lipinski definition) is 5. The molecule has 0 spiro atoms. The van der Waals surface area contributed by atoms with Gasteiger partial charge >= 0.3 is 5.97 Å². The first-order valence-corrected chi connectivity index (χ1v) is 8.02. The molecule has 5 heteroatoms. The highest BCUT2D eigenvalue weighted by Crippen LogP contribution is 2.18. The Bertz CT molecular complexity index is 294. The van der Waals surface area contributed by atoms with Crippen molar-refractivity contribution in [2.45, 2.75) is 77.5 Å². The van der Waals surface area contributed by atoms with Crippen LogP contribution in [0.25, 0.3) is 0 Å².